The Balaban J connectivity index is 1.76. The highest BCUT2D eigenvalue weighted by Crippen LogP contribution is 2.09. The van der Waals surface area contributed by atoms with Crippen LogP contribution < -0.4 is 5.32 Å². The van der Waals surface area contributed by atoms with Crippen molar-refractivity contribution in [1.29, 1.82) is 0 Å². The Bertz CT molecular complexity index is 340. The first kappa shape index (κ1) is 10.8. The molecule has 1 aliphatic rings. The van der Waals surface area contributed by atoms with Crippen LogP contribution in [-0.4, -0.2) is 31.7 Å². The Morgan fingerprint density at radius 3 is 2.93 bits per heavy atom. The minimum Gasteiger partial charge on any atom is -0.345 e. The van der Waals surface area contributed by atoms with Crippen molar-refractivity contribution >= 4 is 10.8 Å². The lowest BCUT2D eigenvalue weighted by atomic mass is 10.1. The highest BCUT2D eigenvalue weighted by atomic mass is 32.2. The fourth-order valence-electron chi connectivity index (χ4n) is 1.81. The van der Waals surface area contributed by atoms with Gasteiger partial charge in [0, 0.05) is 46.8 Å². The molecule has 0 spiro atoms. The van der Waals surface area contributed by atoms with Crippen molar-refractivity contribution in [1.82, 2.24) is 15.3 Å². The molecule has 0 unspecified atom stereocenters. The van der Waals surface area contributed by atoms with E-state index in [1.165, 1.54) is 0 Å². The van der Waals surface area contributed by atoms with Gasteiger partial charge < -0.3 is 10.3 Å². The first-order valence-corrected chi connectivity index (χ1v) is 6.81. The number of nitrogens with one attached hydrogen (secondary N) is 2. The van der Waals surface area contributed by atoms with Crippen molar-refractivity contribution < 1.29 is 4.21 Å². The van der Waals surface area contributed by atoms with E-state index in [0.29, 0.717) is 6.04 Å². The first-order chi connectivity index (χ1) is 7.24. The molecule has 1 fully saturated rings. The summed E-state index contributed by atoms with van der Waals surface area (Å²) in [4.78, 5) is 7.34. The van der Waals surface area contributed by atoms with Crippen LogP contribution in [0.4, 0.5) is 0 Å². The standard InChI is InChI=1S/C10H17N3OS/c1-8-11-6-10(13-8)7-12-9-2-4-15(14)5-3-9/h6,9,12H,2-5,7H2,1H3,(H,11,13). The zero-order valence-corrected chi connectivity index (χ0v) is 9.77. The Kier molecular flexibility index (Phi) is 3.53. The summed E-state index contributed by atoms with van der Waals surface area (Å²) in [6.45, 7) is 2.78. The summed E-state index contributed by atoms with van der Waals surface area (Å²) in [6, 6.07) is 0.520. The summed E-state index contributed by atoms with van der Waals surface area (Å²) in [5, 5.41) is 3.47. The van der Waals surface area contributed by atoms with Gasteiger partial charge in [-0.15, -0.1) is 0 Å². The van der Waals surface area contributed by atoms with E-state index in [0.717, 1.165) is 42.4 Å². The van der Waals surface area contributed by atoms with E-state index < -0.39 is 10.8 Å². The van der Waals surface area contributed by atoms with Crippen molar-refractivity contribution in [2.75, 3.05) is 11.5 Å². The SMILES string of the molecule is Cc1ncc(CNC2CCS(=O)CC2)[nH]1. The molecule has 2 heterocycles. The van der Waals surface area contributed by atoms with E-state index in [-0.39, 0.29) is 0 Å². The molecule has 0 amide bonds. The van der Waals surface area contributed by atoms with Crippen LogP contribution in [0.3, 0.4) is 0 Å². The fraction of sp³-hybridized carbons (Fsp3) is 0.700. The molecule has 2 N–H and O–H groups in total. The molecule has 1 aromatic rings. The number of aryl methyl sites for hydroxylation is 1. The van der Waals surface area contributed by atoms with Crippen LogP contribution in [0.2, 0.25) is 0 Å². The molecule has 0 saturated carbocycles. The van der Waals surface area contributed by atoms with Gasteiger partial charge in [-0.05, 0) is 19.8 Å². The Hall–Kier alpha value is -0.680. The van der Waals surface area contributed by atoms with Crippen LogP contribution in [0.15, 0.2) is 6.20 Å². The average Bonchev–Trinajstić information content (AvgIpc) is 2.64. The Morgan fingerprint density at radius 1 is 1.60 bits per heavy atom. The van der Waals surface area contributed by atoms with E-state index in [1.54, 1.807) is 0 Å². The maximum atomic E-state index is 11.2. The van der Waals surface area contributed by atoms with E-state index >= 15 is 0 Å². The zero-order valence-electron chi connectivity index (χ0n) is 8.95. The zero-order chi connectivity index (χ0) is 10.7. The summed E-state index contributed by atoms with van der Waals surface area (Å²) in [7, 11) is -0.565. The molecule has 1 saturated heterocycles. The third-order valence-corrected chi connectivity index (χ3v) is 4.11. The maximum Gasteiger partial charge on any atom is 0.103 e. The molecule has 0 aromatic carbocycles. The van der Waals surface area contributed by atoms with Gasteiger partial charge in [0.25, 0.3) is 0 Å². The predicted molar refractivity (Wildman–Crippen MR) is 61.1 cm³/mol. The average molecular weight is 227 g/mol. The number of rotatable bonds is 3. The van der Waals surface area contributed by atoms with Crippen LogP contribution in [0.25, 0.3) is 0 Å². The van der Waals surface area contributed by atoms with Gasteiger partial charge in [-0.25, -0.2) is 4.98 Å². The van der Waals surface area contributed by atoms with Gasteiger partial charge in [-0.1, -0.05) is 0 Å². The van der Waals surface area contributed by atoms with Crippen LogP contribution in [0, 0.1) is 6.92 Å². The number of imidazole rings is 1. The quantitative estimate of drug-likeness (QED) is 0.800. The molecule has 4 nitrogen and oxygen atoms in total. The largest absolute Gasteiger partial charge is 0.345 e. The number of hydrogen-bond acceptors (Lipinski definition) is 3. The highest BCUT2D eigenvalue weighted by Gasteiger charge is 2.17. The van der Waals surface area contributed by atoms with Crippen molar-refractivity contribution in [3.05, 3.63) is 17.7 Å². The van der Waals surface area contributed by atoms with E-state index in [1.807, 2.05) is 13.1 Å². The van der Waals surface area contributed by atoms with E-state index in [2.05, 4.69) is 15.3 Å². The molecule has 15 heavy (non-hydrogen) atoms. The number of aromatic amines is 1. The minimum absolute atomic E-state index is 0.520. The van der Waals surface area contributed by atoms with Gasteiger partial charge >= 0.3 is 0 Å². The Morgan fingerprint density at radius 2 is 2.33 bits per heavy atom. The summed E-state index contributed by atoms with van der Waals surface area (Å²) < 4.78 is 11.2. The third kappa shape index (κ3) is 3.14. The van der Waals surface area contributed by atoms with Crippen molar-refractivity contribution in [3.63, 3.8) is 0 Å². The summed E-state index contributed by atoms with van der Waals surface area (Å²) >= 11 is 0. The smallest absolute Gasteiger partial charge is 0.103 e. The molecule has 0 bridgehead atoms. The molecule has 5 heteroatoms. The van der Waals surface area contributed by atoms with Gasteiger partial charge in [0.05, 0.1) is 0 Å². The van der Waals surface area contributed by atoms with Crippen molar-refractivity contribution in [3.8, 4) is 0 Å². The van der Waals surface area contributed by atoms with Crippen LogP contribution in [-0.2, 0) is 17.3 Å². The van der Waals surface area contributed by atoms with Gasteiger partial charge in [0.15, 0.2) is 0 Å². The van der Waals surface area contributed by atoms with Gasteiger partial charge in [0.1, 0.15) is 5.82 Å². The van der Waals surface area contributed by atoms with Gasteiger partial charge in [-0.2, -0.15) is 0 Å². The molecular weight excluding hydrogens is 210 g/mol. The second-order valence-electron chi connectivity index (χ2n) is 4.00. The second-order valence-corrected chi connectivity index (χ2v) is 5.69. The molecule has 2 rings (SSSR count). The van der Waals surface area contributed by atoms with Gasteiger partial charge in [-0.3, -0.25) is 4.21 Å². The lowest BCUT2D eigenvalue weighted by Gasteiger charge is -2.22. The molecule has 0 atom stereocenters. The lowest BCUT2D eigenvalue weighted by Crippen LogP contribution is -2.35. The molecule has 84 valence electrons. The monoisotopic (exact) mass is 227 g/mol. The summed E-state index contributed by atoms with van der Waals surface area (Å²) in [5.74, 6) is 2.65. The molecule has 0 radical (unpaired) electrons. The molecular formula is C10H17N3OS. The summed E-state index contributed by atoms with van der Waals surface area (Å²) in [6.07, 6.45) is 3.92. The Labute approximate surface area is 92.3 Å². The number of H-pyrrole nitrogens is 1. The lowest BCUT2D eigenvalue weighted by molar-refractivity contribution is 0.472. The fourth-order valence-corrected chi connectivity index (χ4v) is 3.11. The molecule has 0 aliphatic carbocycles. The third-order valence-electron chi connectivity index (χ3n) is 2.72. The van der Waals surface area contributed by atoms with E-state index in [4.69, 9.17) is 0 Å². The topological polar surface area (TPSA) is 57.8 Å². The number of aromatic nitrogens is 2. The number of hydrogen-bond donors (Lipinski definition) is 2. The highest BCUT2D eigenvalue weighted by molar-refractivity contribution is 7.85. The maximum absolute atomic E-state index is 11.2. The molecule has 1 aromatic heterocycles. The van der Waals surface area contributed by atoms with Crippen LogP contribution in [0.5, 0.6) is 0 Å². The van der Waals surface area contributed by atoms with Crippen LogP contribution in [0.1, 0.15) is 24.4 Å². The van der Waals surface area contributed by atoms with Gasteiger partial charge in [0.2, 0.25) is 0 Å². The number of nitrogens with zero attached hydrogens (tertiary/aromatic N) is 1. The van der Waals surface area contributed by atoms with Crippen LogP contribution >= 0.6 is 0 Å². The van der Waals surface area contributed by atoms with Crippen molar-refractivity contribution in [2.24, 2.45) is 0 Å². The molecule has 1 aliphatic heterocycles. The first-order valence-electron chi connectivity index (χ1n) is 5.33. The minimum atomic E-state index is -0.565. The normalized spacial score (nSPS) is 26.7. The predicted octanol–water partition coefficient (Wildman–Crippen LogP) is 0.719. The van der Waals surface area contributed by atoms with E-state index in [9.17, 15) is 4.21 Å². The second kappa shape index (κ2) is 4.90. The van der Waals surface area contributed by atoms with Crippen molar-refractivity contribution in [2.45, 2.75) is 32.4 Å². The summed E-state index contributed by atoms with van der Waals surface area (Å²) in [5.41, 5.74) is 1.12.